The number of rotatable bonds is 6. The van der Waals surface area contributed by atoms with Crippen LogP contribution in [-0.4, -0.2) is 42.7 Å². The smallest absolute Gasteiger partial charge is 0.225 e. The van der Waals surface area contributed by atoms with Gasteiger partial charge in [-0.05, 0) is 25.2 Å². The van der Waals surface area contributed by atoms with Crippen molar-refractivity contribution >= 4 is 23.2 Å². The molecule has 5 heteroatoms. The van der Waals surface area contributed by atoms with Crippen LogP contribution < -0.4 is 5.32 Å². The summed E-state index contributed by atoms with van der Waals surface area (Å²) in [6.45, 7) is 1.30. The van der Waals surface area contributed by atoms with Crippen LogP contribution in [0.15, 0.2) is 24.3 Å². The predicted octanol–water partition coefficient (Wildman–Crippen LogP) is 1.59. The van der Waals surface area contributed by atoms with Gasteiger partial charge in [-0.1, -0.05) is 17.7 Å². The van der Waals surface area contributed by atoms with Gasteiger partial charge in [0.05, 0.1) is 6.61 Å². The zero-order valence-electron chi connectivity index (χ0n) is 9.82. The van der Waals surface area contributed by atoms with Gasteiger partial charge in [0.1, 0.15) is 0 Å². The molecule has 2 N–H and O–H groups in total. The number of likely N-dealkylation sites (N-methyl/N-ethyl adjacent to an activating group) is 1. The lowest BCUT2D eigenvalue weighted by molar-refractivity contribution is -0.116. The molecule has 0 atom stereocenters. The Hall–Kier alpha value is -1.10. The number of hydrogen-bond donors (Lipinski definition) is 2. The van der Waals surface area contributed by atoms with Crippen LogP contribution in [-0.2, 0) is 4.79 Å². The lowest BCUT2D eigenvalue weighted by Gasteiger charge is -2.14. The van der Waals surface area contributed by atoms with Gasteiger partial charge in [-0.25, -0.2) is 0 Å². The molecule has 0 aromatic heterocycles. The lowest BCUT2D eigenvalue weighted by Crippen LogP contribution is -2.26. The molecular formula is C12H17ClN2O2. The highest BCUT2D eigenvalue weighted by atomic mass is 35.5. The lowest BCUT2D eigenvalue weighted by atomic mass is 10.3. The molecule has 1 aromatic carbocycles. The molecule has 4 nitrogen and oxygen atoms in total. The summed E-state index contributed by atoms with van der Waals surface area (Å²) in [4.78, 5) is 13.5. The van der Waals surface area contributed by atoms with Gasteiger partial charge in [-0.15, -0.1) is 0 Å². The Balaban J connectivity index is 2.34. The third-order valence-electron chi connectivity index (χ3n) is 2.31. The zero-order chi connectivity index (χ0) is 12.7. The molecule has 0 heterocycles. The van der Waals surface area contributed by atoms with Gasteiger partial charge in [0, 0.05) is 30.2 Å². The first-order valence-corrected chi connectivity index (χ1v) is 5.84. The van der Waals surface area contributed by atoms with E-state index in [2.05, 4.69) is 5.32 Å². The van der Waals surface area contributed by atoms with Gasteiger partial charge < -0.3 is 15.3 Å². The first-order valence-electron chi connectivity index (χ1n) is 5.46. The number of hydrogen-bond acceptors (Lipinski definition) is 3. The normalized spacial score (nSPS) is 10.6. The Bertz CT molecular complexity index is 371. The van der Waals surface area contributed by atoms with E-state index >= 15 is 0 Å². The largest absolute Gasteiger partial charge is 0.395 e. The number of nitrogens with one attached hydrogen (secondary N) is 1. The molecule has 0 aliphatic rings. The quantitative estimate of drug-likeness (QED) is 0.813. The molecule has 94 valence electrons. The minimum atomic E-state index is -0.0583. The predicted molar refractivity (Wildman–Crippen MR) is 69.3 cm³/mol. The summed E-state index contributed by atoms with van der Waals surface area (Å²) >= 11 is 5.81. The van der Waals surface area contributed by atoms with Crippen LogP contribution in [0.3, 0.4) is 0 Å². The summed E-state index contributed by atoms with van der Waals surface area (Å²) in [7, 11) is 1.86. The van der Waals surface area contributed by atoms with E-state index in [1.807, 2.05) is 11.9 Å². The molecule has 0 saturated carbocycles. The Morgan fingerprint density at radius 2 is 2.24 bits per heavy atom. The maximum absolute atomic E-state index is 11.6. The number of halogens is 1. The van der Waals surface area contributed by atoms with Crippen LogP contribution in [0.25, 0.3) is 0 Å². The van der Waals surface area contributed by atoms with Gasteiger partial charge >= 0.3 is 0 Å². The maximum atomic E-state index is 11.6. The van der Waals surface area contributed by atoms with Gasteiger partial charge in [0.25, 0.3) is 0 Å². The van der Waals surface area contributed by atoms with Crippen molar-refractivity contribution in [1.29, 1.82) is 0 Å². The number of amides is 1. The molecule has 17 heavy (non-hydrogen) atoms. The molecule has 0 unspecified atom stereocenters. The summed E-state index contributed by atoms with van der Waals surface area (Å²) in [6, 6.07) is 7.04. The second kappa shape index (κ2) is 7.27. The summed E-state index contributed by atoms with van der Waals surface area (Å²) < 4.78 is 0. The van der Waals surface area contributed by atoms with Crippen LogP contribution >= 0.6 is 11.6 Å². The maximum Gasteiger partial charge on any atom is 0.225 e. The van der Waals surface area contributed by atoms with Crippen LogP contribution in [0.5, 0.6) is 0 Å². The van der Waals surface area contributed by atoms with Crippen molar-refractivity contribution in [1.82, 2.24) is 4.90 Å². The highest BCUT2D eigenvalue weighted by molar-refractivity contribution is 6.30. The molecule has 0 bridgehead atoms. The van der Waals surface area contributed by atoms with E-state index in [0.717, 1.165) is 0 Å². The fraction of sp³-hybridized carbons (Fsp3) is 0.417. The molecule has 0 aliphatic heterocycles. The minimum absolute atomic E-state index is 0.0583. The van der Waals surface area contributed by atoms with Crippen molar-refractivity contribution in [2.75, 3.05) is 32.1 Å². The first kappa shape index (κ1) is 14.0. The number of carbonyl (C=O) groups excluding carboxylic acids is 1. The SMILES string of the molecule is CN(CCO)CCC(=O)Nc1cccc(Cl)c1. The van der Waals surface area contributed by atoms with E-state index in [1.165, 1.54) is 0 Å². The molecule has 1 aromatic rings. The van der Waals surface area contributed by atoms with E-state index in [9.17, 15) is 4.79 Å². The molecule has 0 fully saturated rings. The van der Waals surface area contributed by atoms with E-state index < -0.39 is 0 Å². The van der Waals surface area contributed by atoms with Gasteiger partial charge in [0.15, 0.2) is 0 Å². The van der Waals surface area contributed by atoms with Crippen LogP contribution in [0.1, 0.15) is 6.42 Å². The highest BCUT2D eigenvalue weighted by Crippen LogP contribution is 2.14. The number of benzene rings is 1. The molecule has 0 aliphatic carbocycles. The third-order valence-corrected chi connectivity index (χ3v) is 2.55. The summed E-state index contributed by atoms with van der Waals surface area (Å²) in [5.74, 6) is -0.0583. The average molecular weight is 257 g/mol. The number of aliphatic hydroxyl groups excluding tert-OH is 1. The standard InChI is InChI=1S/C12H17ClN2O2/c1-15(7-8-16)6-5-12(17)14-11-4-2-3-10(13)9-11/h2-4,9,16H,5-8H2,1H3,(H,14,17). The Kier molecular flexibility index (Phi) is 5.97. The van der Waals surface area contributed by atoms with Crippen LogP contribution in [0.4, 0.5) is 5.69 Å². The Labute approximate surface area is 106 Å². The van der Waals surface area contributed by atoms with Gasteiger partial charge in [0.2, 0.25) is 5.91 Å². The Morgan fingerprint density at radius 3 is 2.88 bits per heavy atom. The summed E-state index contributed by atoms with van der Waals surface area (Å²) in [5.41, 5.74) is 0.701. The number of aliphatic hydroxyl groups is 1. The molecule has 0 radical (unpaired) electrons. The highest BCUT2D eigenvalue weighted by Gasteiger charge is 2.04. The third kappa shape index (κ3) is 5.68. The molecule has 1 amide bonds. The van der Waals surface area contributed by atoms with Crippen molar-refractivity contribution in [2.24, 2.45) is 0 Å². The van der Waals surface area contributed by atoms with Crippen molar-refractivity contribution in [3.63, 3.8) is 0 Å². The molecule has 0 saturated heterocycles. The average Bonchev–Trinajstić information content (AvgIpc) is 2.27. The van der Waals surface area contributed by atoms with E-state index in [-0.39, 0.29) is 12.5 Å². The number of nitrogens with zero attached hydrogens (tertiary/aromatic N) is 1. The van der Waals surface area contributed by atoms with E-state index in [4.69, 9.17) is 16.7 Å². The topological polar surface area (TPSA) is 52.6 Å². The molecular weight excluding hydrogens is 240 g/mol. The second-order valence-electron chi connectivity index (χ2n) is 3.84. The fourth-order valence-electron chi connectivity index (χ4n) is 1.36. The molecule has 1 rings (SSSR count). The Morgan fingerprint density at radius 1 is 1.47 bits per heavy atom. The van der Waals surface area contributed by atoms with Gasteiger partial charge in [-0.3, -0.25) is 4.79 Å². The number of anilines is 1. The van der Waals surface area contributed by atoms with E-state index in [0.29, 0.717) is 30.2 Å². The minimum Gasteiger partial charge on any atom is -0.395 e. The molecule has 0 spiro atoms. The van der Waals surface area contributed by atoms with Crippen molar-refractivity contribution in [3.8, 4) is 0 Å². The second-order valence-corrected chi connectivity index (χ2v) is 4.27. The zero-order valence-corrected chi connectivity index (χ0v) is 10.6. The van der Waals surface area contributed by atoms with E-state index in [1.54, 1.807) is 24.3 Å². The van der Waals surface area contributed by atoms with Crippen molar-refractivity contribution in [2.45, 2.75) is 6.42 Å². The van der Waals surface area contributed by atoms with Crippen LogP contribution in [0.2, 0.25) is 5.02 Å². The van der Waals surface area contributed by atoms with Gasteiger partial charge in [-0.2, -0.15) is 0 Å². The summed E-state index contributed by atoms with van der Waals surface area (Å²) in [6.07, 6.45) is 0.392. The van der Waals surface area contributed by atoms with Crippen LogP contribution in [0, 0.1) is 0 Å². The summed E-state index contributed by atoms with van der Waals surface area (Å²) in [5, 5.41) is 12.1. The first-order chi connectivity index (χ1) is 8.11. The monoisotopic (exact) mass is 256 g/mol. The van der Waals surface area contributed by atoms with Crippen molar-refractivity contribution < 1.29 is 9.90 Å². The fourth-order valence-corrected chi connectivity index (χ4v) is 1.55. The van der Waals surface area contributed by atoms with Crippen molar-refractivity contribution in [3.05, 3.63) is 29.3 Å². The number of carbonyl (C=O) groups is 1.